The van der Waals surface area contributed by atoms with Gasteiger partial charge in [-0.3, -0.25) is 0 Å². The molecule has 0 N–H and O–H groups in total. The highest BCUT2D eigenvalue weighted by molar-refractivity contribution is 7.13. The van der Waals surface area contributed by atoms with E-state index in [1.165, 1.54) is 4.88 Å². The third-order valence-electron chi connectivity index (χ3n) is 1.55. The average Bonchev–Trinajstić information content (AvgIpc) is 2.74. The summed E-state index contributed by atoms with van der Waals surface area (Å²) in [4.78, 5) is 9.55. The fourth-order valence-corrected chi connectivity index (χ4v) is 1.71. The normalized spacial score (nSPS) is 9.07. The van der Waals surface area contributed by atoms with Crippen LogP contribution >= 0.6 is 11.3 Å². The van der Waals surface area contributed by atoms with E-state index in [0.717, 1.165) is 11.5 Å². The third kappa shape index (κ3) is 2.64. The summed E-state index contributed by atoms with van der Waals surface area (Å²) in [6.45, 7) is 5.90. The van der Waals surface area contributed by atoms with Gasteiger partial charge in [-0.05, 0) is 24.4 Å². The summed E-state index contributed by atoms with van der Waals surface area (Å²) in [5, 5.41) is 2.05. The maximum absolute atomic E-state index is 4.31. The molecule has 2 aromatic rings. The molecule has 0 atom stereocenters. The van der Waals surface area contributed by atoms with Gasteiger partial charge >= 0.3 is 0 Å². The van der Waals surface area contributed by atoms with Gasteiger partial charge in [-0.25, -0.2) is 9.97 Å². The minimum Gasteiger partial charge on any atom is -0.242 e. The Kier molecular flexibility index (Phi) is 4.26. The van der Waals surface area contributed by atoms with Crippen LogP contribution in [0.25, 0.3) is 10.6 Å². The van der Waals surface area contributed by atoms with Gasteiger partial charge in [-0.1, -0.05) is 19.9 Å². The molecule has 3 heteroatoms. The van der Waals surface area contributed by atoms with Gasteiger partial charge in [0.15, 0.2) is 0 Å². The predicted molar refractivity (Wildman–Crippen MR) is 61.4 cm³/mol. The minimum absolute atomic E-state index is 0.820. The van der Waals surface area contributed by atoms with Crippen molar-refractivity contribution >= 4 is 11.3 Å². The predicted octanol–water partition coefficient (Wildman–Crippen LogP) is 3.54. The molecule has 0 aliphatic carbocycles. The Labute approximate surface area is 88.7 Å². The van der Waals surface area contributed by atoms with Crippen molar-refractivity contribution in [2.75, 3.05) is 0 Å². The molecule has 0 spiro atoms. The Balaban J connectivity index is 0.000000461. The molecule has 0 aromatic carbocycles. The van der Waals surface area contributed by atoms with Gasteiger partial charge in [0.2, 0.25) is 0 Å². The summed E-state index contributed by atoms with van der Waals surface area (Å²) >= 11 is 1.69. The molecular weight excluding hydrogens is 192 g/mol. The molecule has 0 amide bonds. The number of hydrogen-bond donors (Lipinski definition) is 0. The highest BCUT2D eigenvalue weighted by atomic mass is 32.1. The summed E-state index contributed by atoms with van der Waals surface area (Å²) in [7, 11) is 0. The lowest BCUT2D eigenvalue weighted by Crippen LogP contribution is -1.87. The smallest absolute Gasteiger partial charge is 0.125 e. The molecule has 0 aliphatic heterocycles. The zero-order valence-electron chi connectivity index (χ0n) is 8.69. The van der Waals surface area contributed by atoms with E-state index in [1.807, 2.05) is 38.3 Å². The van der Waals surface area contributed by atoms with Crippen molar-refractivity contribution in [1.82, 2.24) is 9.97 Å². The average molecular weight is 206 g/mol. The van der Waals surface area contributed by atoms with Gasteiger partial charge in [0.05, 0.1) is 10.6 Å². The summed E-state index contributed by atoms with van der Waals surface area (Å²) < 4.78 is 0. The van der Waals surface area contributed by atoms with E-state index in [0.29, 0.717) is 0 Å². The van der Waals surface area contributed by atoms with Crippen molar-refractivity contribution in [2.45, 2.75) is 20.8 Å². The fourth-order valence-electron chi connectivity index (χ4n) is 1.02. The molecule has 0 unspecified atom stereocenters. The third-order valence-corrected chi connectivity index (χ3v) is 2.44. The molecule has 74 valence electrons. The molecule has 0 saturated carbocycles. The molecule has 0 radical (unpaired) electrons. The van der Waals surface area contributed by atoms with E-state index >= 15 is 0 Å². The Morgan fingerprint density at radius 3 is 2.57 bits per heavy atom. The minimum atomic E-state index is 0.820. The van der Waals surface area contributed by atoms with Crippen LogP contribution in [0.1, 0.15) is 19.7 Å². The summed E-state index contributed by atoms with van der Waals surface area (Å²) in [5.41, 5.74) is 1.01. The molecule has 2 rings (SSSR count). The van der Waals surface area contributed by atoms with Gasteiger partial charge in [0.1, 0.15) is 5.82 Å². The number of aromatic nitrogens is 2. The molecule has 0 aliphatic rings. The summed E-state index contributed by atoms with van der Waals surface area (Å²) in [6, 6.07) is 6.02. The van der Waals surface area contributed by atoms with Crippen LogP contribution in [0.2, 0.25) is 0 Å². The largest absolute Gasteiger partial charge is 0.242 e. The van der Waals surface area contributed by atoms with Crippen LogP contribution in [0.3, 0.4) is 0 Å². The Bertz CT molecular complexity index is 369. The van der Waals surface area contributed by atoms with E-state index in [9.17, 15) is 0 Å². The standard InChI is InChI=1S/C9H8N2S.C2H6/c1-7-10-5-4-8(11-7)9-3-2-6-12-9;1-2/h2-6H,1H3;1-2H3. The maximum Gasteiger partial charge on any atom is 0.125 e. The molecule has 2 aromatic heterocycles. The Morgan fingerprint density at radius 1 is 1.21 bits per heavy atom. The molecule has 14 heavy (non-hydrogen) atoms. The van der Waals surface area contributed by atoms with Crippen LogP contribution in [-0.2, 0) is 0 Å². The topological polar surface area (TPSA) is 25.8 Å². The molecular formula is C11H14N2S. The van der Waals surface area contributed by atoms with Crippen molar-refractivity contribution in [3.05, 3.63) is 35.6 Å². The van der Waals surface area contributed by atoms with Crippen molar-refractivity contribution in [1.29, 1.82) is 0 Å². The number of nitrogens with zero attached hydrogens (tertiary/aromatic N) is 2. The van der Waals surface area contributed by atoms with Gasteiger partial charge < -0.3 is 0 Å². The van der Waals surface area contributed by atoms with Gasteiger partial charge in [-0.15, -0.1) is 11.3 Å². The first kappa shape index (κ1) is 10.9. The Hall–Kier alpha value is -1.22. The number of aryl methyl sites for hydroxylation is 1. The highest BCUT2D eigenvalue weighted by Gasteiger charge is 1.98. The van der Waals surface area contributed by atoms with E-state index in [1.54, 1.807) is 17.5 Å². The van der Waals surface area contributed by atoms with Crippen molar-refractivity contribution < 1.29 is 0 Å². The van der Waals surface area contributed by atoms with Crippen LogP contribution in [0.5, 0.6) is 0 Å². The second-order valence-corrected chi connectivity index (χ2v) is 3.41. The number of hydrogen-bond acceptors (Lipinski definition) is 3. The van der Waals surface area contributed by atoms with Crippen molar-refractivity contribution in [2.24, 2.45) is 0 Å². The fraction of sp³-hybridized carbons (Fsp3) is 0.273. The molecule has 0 saturated heterocycles. The molecule has 0 bridgehead atoms. The van der Waals surface area contributed by atoms with Crippen LogP contribution in [0.15, 0.2) is 29.8 Å². The van der Waals surface area contributed by atoms with E-state index in [2.05, 4.69) is 16.0 Å². The van der Waals surface area contributed by atoms with Crippen LogP contribution in [-0.4, -0.2) is 9.97 Å². The molecule has 2 heterocycles. The SMILES string of the molecule is CC.Cc1nccc(-c2cccs2)n1. The van der Waals surface area contributed by atoms with Crippen LogP contribution in [0.4, 0.5) is 0 Å². The lowest BCUT2D eigenvalue weighted by Gasteiger charge is -1.95. The van der Waals surface area contributed by atoms with Crippen LogP contribution < -0.4 is 0 Å². The Morgan fingerprint density at radius 2 is 2.00 bits per heavy atom. The number of rotatable bonds is 1. The highest BCUT2D eigenvalue weighted by Crippen LogP contribution is 2.21. The quantitative estimate of drug-likeness (QED) is 0.713. The molecule has 0 fully saturated rings. The summed E-state index contributed by atoms with van der Waals surface area (Å²) in [6.07, 6.45) is 1.79. The lowest BCUT2D eigenvalue weighted by atomic mass is 10.3. The monoisotopic (exact) mass is 206 g/mol. The van der Waals surface area contributed by atoms with Gasteiger partial charge in [0.25, 0.3) is 0 Å². The van der Waals surface area contributed by atoms with Crippen molar-refractivity contribution in [3.8, 4) is 10.6 Å². The van der Waals surface area contributed by atoms with Gasteiger partial charge in [-0.2, -0.15) is 0 Å². The zero-order chi connectivity index (χ0) is 10.4. The maximum atomic E-state index is 4.31. The van der Waals surface area contributed by atoms with E-state index < -0.39 is 0 Å². The summed E-state index contributed by atoms with van der Waals surface area (Å²) in [5.74, 6) is 0.820. The van der Waals surface area contributed by atoms with Crippen molar-refractivity contribution in [3.63, 3.8) is 0 Å². The molecule has 2 nitrogen and oxygen atoms in total. The van der Waals surface area contributed by atoms with Gasteiger partial charge in [0, 0.05) is 6.20 Å². The lowest BCUT2D eigenvalue weighted by molar-refractivity contribution is 1.06. The first-order valence-corrected chi connectivity index (χ1v) is 5.58. The number of thiophene rings is 1. The zero-order valence-corrected chi connectivity index (χ0v) is 9.51. The first-order valence-electron chi connectivity index (χ1n) is 4.70. The van der Waals surface area contributed by atoms with E-state index in [-0.39, 0.29) is 0 Å². The second-order valence-electron chi connectivity index (χ2n) is 2.47. The van der Waals surface area contributed by atoms with E-state index in [4.69, 9.17) is 0 Å². The second kappa shape index (κ2) is 5.50. The first-order chi connectivity index (χ1) is 6.86. The van der Waals surface area contributed by atoms with Crippen LogP contribution in [0, 0.1) is 6.92 Å².